The van der Waals surface area contributed by atoms with E-state index in [0.717, 1.165) is 56.8 Å². The Kier molecular flexibility index (Phi) is 6.90. The first-order chi connectivity index (χ1) is 12.9. The molecule has 0 saturated carbocycles. The minimum absolute atomic E-state index is 0.0945. The molecule has 2 fully saturated rings. The Hall–Kier alpha value is -1.43. The number of hydrogen-bond donors (Lipinski definition) is 1. The average Bonchev–Trinajstić information content (AvgIpc) is 3.03. The molecule has 0 spiro atoms. The van der Waals surface area contributed by atoms with Crippen LogP contribution in [-0.4, -0.2) is 71.8 Å². The molecule has 150 valence electrons. The van der Waals surface area contributed by atoms with Crippen molar-refractivity contribution in [3.63, 3.8) is 0 Å². The lowest BCUT2D eigenvalue weighted by molar-refractivity contribution is 0.0297. The third kappa shape index (κ3) is 6.30. The van der Waals surface area contributed by atoms with Gasteiger partial charge in [-0.2, -0.15) is 0 Å². The predicted molar refractivity (Wildman–Crippen MR) is 107 cm³/mol. The van der Waals surface area contributed by atoms with E-state index in [1.54, 1.807) is 0 Å². The molecule has 0 bridgehead atoms. The number of carbonyl (C=O) groups is 1. The first-order valence-electron chi connectivity index (χ1n) is 10.4. The molecule has 2 saturated heterocycles. The molecule has 5 nitrogen and oxygen atoms in total. The molecule has 27 heavy (non-hydrogen) atoms. The molecule has 1 atom stereocenters. The van der Waals surface area contributed by atoms with E-state index in [4.69, 9.17) is 4.74 Å². The number of aliphatic hydroxyl groups is 1. The third-order valence-electron chi connectivity index (χ3n) is 5.50. The summed E-state index contributed by atoms with van der Waals surface area (Å²) in [4.78, 5) is 17.5. The summed E-state index contributed by atoms with van der Waals surface area (Å²) in [5, 5.41) is 9.95. The van der Waals surface area contributed by atoms with Gasteiger partial charge in [0.1, 0.15) is 0 Å². The molecular weight excluding hydrogens is 340 g/mol. The lowest BCUT2D eigenvalue weighted by Gasteiger charge is -2.27. The first kappa shape index (κ1) is 20.3. The first-order valence-corrected chi connectivity index (χ1v) is 10.4. The van der Waals surface area contributed by atoms with Crippen LogP contribution in [0.25, 0.3) is 0 Å². The van der Waals surface area contributed by atoms with Crippen LogP contribution in [0.15, 0.2) is 24.3 Å². The lowest BCUT2D eigenvalue weighted by Crippen LogP contribution is -2.41. The smallest absolute Gasteiger partial charge is 0.253 e. The van der Waals surface area contributed by atoms with Gasteiger partial charge >= 0.3 is 0 Å². The number of amides is 1. The number of hydrogen-bond acceptors (Lipinski definition) is 4. The molecule has 2 aliphatic rings. The summed E-state index contributed by atoms with van der Waals surface area (Å²) in [6, 6.07) is 7.86. The lowest BCUT2D eigenvalue weighted by atomic mass is 9.97. The summed E-state index contributed by atoms with van der Waals surface area (Å²) in [6.45, 7) is 9.02. The van der Waals surface area contributed by atoms with Crippen molar-refractivity contribution in [3.8, 4) is 0 Å². The fourth-order valence-corrected chi connectivity index (χ4v) is 3.94. The van der Waals surface area contributed by atoms with Crippen LogP contribution in [0.1, 0.15) is 55.5 Å². The van der Waals surface area contributed by atoms with Gasteiger partial charge in [0.15, 0.2) is 0 Å². The van der Waals surface area contributed by atoms with Gasteiger partial charge in [0.25, 0.3) is 5.91 Å². The second kappa shape index (κ2) is 9.18. The van der Waals surface area contributed by atoms with E-state index in [1.807, 2.05) is 43.0 Å². The highest BCUT2D eigenvalue weighted by atomic mass is 16.5. The van der Waals surface area contributed by atoms with Gasteiger partial charge in [0, 0.05) is 31.8 Å². The van der Waals surface area contributed by atoms with Crippen LogP contribution in [0.2, 0.25) is 0 Å². The normalized spacial score (nSPS) is 22.0. The summed E-state index contributed by atoms with van der Waals surface area (Å²) >= 11 is 0. The highest BCUT2D eigenvalue weighted by molar-refractivity contribution is 5.94. The maximum atomic E-state index is 13.1. The summed E-state index contributed by atoms with van der Waals surface area (Å²) in [5.74, 6) is 0.0945. The van der Waals surface area contributed by atoms with E-state index < -0.39 is 5.60 Å². The summed E-state index contributed by atoms with van der Waals surface area (Å²) in [5.41, 5.74) is 1.15. The van der Waals surface area contributed by atoms with Crippen molar-refractivity contribution in [2.45, 2.75) is 57.7 Å². The molecule has 1 N–H and O–H groups in total. The van der Waals surface area contributed by atoms with E-state index >= 15 is 0 Å². The molecule has 0 aromatic heterocycles. The topological polar surface area (TPSA) is 53.0 Å². The van der Waals surface area contributed by atoms with Crippen LogP contribution in [0, 0.1) is 0 Å². The number of nitrogens with zero attached hydrogens (tertiary/aromatic N) is 2. The standard InChI is InChI=1S/C22H34N2O3/c1-22(2,26)10-9-18-7-5-8-19(15-18)21(25)24-13-6-14-27-20(17-24)16-23-11-3-4-12-23/h5,7-8,15,20,26H,3-4,6,9-14,16-17H2,1-2H3/t20-/m0/s1. The Bertz CT molecular complexity index is 620. The van der Waals surface area contributed by atoms with Gasteiger partial charge < -0.3 is 19.6 Å². The van der Waals surface area contributed by atoms with Crippen molar-refractivity contribution >= 4 is 5.91 Å². The van der Waals surface area contributed by atoms with Crippen LogP contribution in [0.5, 0.6) is 0 Å². The van der Waals surface area contributed by atoms with Crippen LogP contribution >= 0.6 is 0 Å². The van der Waals surface area contributed by atoms with Crippen molar-refractivity contribution in [1.82, 2.24) is 9.80 Å². The van der Waals surface area contributed by atoms with Gasteiger partial charge in [-0.3, -0.25) is 4.79 Å². The molecule has 0 aliphatic carbocycles. The van der Waals surface area contributed by atoms with Gasteiger partial charge in [-0.15, -0.1) is 0 Å². The minimum Gasteiger partial charge on any atom is -0.390 e. The van der Waals surface area contributed by atoms with Crippen LogP contribution in [0.3, 0.4) is 0 Å². The van der Waals surface area contributed by atoms with Crippen molar-refractivity contribution < 1.29 is 14.6 Å². The number of likely N-dealkylation sites (tertiary alicyclic amines) is 1. The molecule has 0 radical (unpaired) electrons. The second-order valence-corrected chi connectivity index (χ2v) is 8.62. The predicted octanol–water partition coefficient (Wildman–Crippen LogP) is 2.72. The average molecular weight is 375 g/mol. The van der Waals surface area contributed by atoms with E-state index in [0.29, 0.717) is 13.0 Å². The Balaban J connectivity index is 1.62. The maximum Gasteiger partial charge on any atom is 0.253 e. The summed E-state index contributed by atoms with van der Waals surface area (Å²) in [6.07, 6.45) is 4.99. The van der Waals surface area contributed by atoms with E-state index in [9.17, 15) is 9.90 Å². The number of ether oxygens (including phenoxy) is 1. The quantitative estimate of drug-likeness (QED) is 0.832. The zero-order chi connectivity index (χ0) is 19.3. The van der Waals surface area contributed by atoms with Gasteiger partial charge in [0.2, 0.25) is 0 Å². The molecule has 1 aromatic carbocycles. The highest BCUT2D eigenvalue weighted by Gasteiger charge is 2.26. The molecule has 1 aromatic rings. The Labute approximate surface area is 163 Å². The summed E-state index contributed by atoms with van der Waals surface area (Å²) < 4.78 is 6.02. The van der Waals surface area contributed by atoms with Crippen molar-refractivity contribution in [3.05, 3.63) is 35.4 Å². The third-order valence-corrected chi connectivity index (χ3v) is 5.50. The zero-order valence-corrected chi connectivity index (χ0v) is 16.8. The van der Waals surface area contributed by atoms with E-state index in [2.05, 4.69) is 4.90 Å². The summed E-state index contributed by atoms with van der Waals surface area (Å²) in [7, 11) is 0. The number of rotatable bonds is 6. The van der Waals surface area contributed by atoms with Gasteiger partial charge in [-0.25, -0.2) is 0 Å². The molecule has 3 rings (SSSR count). The Morgan fingerprint density at radius 3 is 2.74 bits per heavy atom. The van der Waals surface area contributed by atoms with Gasteiger partial charge in [-0.1, -0.05) is 12.1 Å². The van der Waals surface area contributed by atoms with Crippen molar-refractivity contribution in [2.24, 2.45) is 0 Å². The van der Waals surface area contributed by atoms with Crippen LogP contribution in [-0.2, 0) is 11.2 Å². The molecule has 1 amide bonds. The van der Waals surface area contributed by atoms with Crippen LogP contribution < -0.4 is 0 Å². The molecule has 0 unspecified atom stereocenters. The monoisotopic (exact) mass is 374 g/mol. The largest absolute Gasteiger partial charge is 0.390 e. The number of benzene rings is 1. The molecule has 5 heteroatoms. The fourth-order valence-electron chi connectivity index (χ4n) is 3.94. The Morgan fingerprint density at radius 2 is 2.00 bits per heavy atom. The zero-order valence-electron chi connectivity index (χ0n) is 16.8. The highest BCUT2D eigenvalue weighted by Crippen LogP contribution is 2.18. The van der Waals surface area contributed by atoms with Gasteiger partial charge in [0.05, 0.1) is 11.7 Å². The minimum atomic E-state index is -0.690. The van der Waals surface area contributed by atoms with Crippen molar-refractivity contribution in [1.29, 1.82) is 0 Å². The second-order valence-electron chi connectivity index (χ2n) is 8.62. The van der Waals surface area contributed by atoms with Crippen molar-refractivity contribution in [2.75, 3.05) is 39.3 Å². The van der Waals surface area contributed by atoms with E-state index in [1.165, 1.54) is 12.8 Å². The number of aryl methyl sites for hydroxylation is 1. The Morgan fingerprint density at radius 1 is 1.22 bits per heavy atom. The molecular formula is C22H34N2O3. The molecule has 2 heterocycles. The van der Waals surface area contributed by atoms with Crippen LogP contribution in [0.4, 0.5) is 0 Å². The fraction of sp³-hybridized carbons (Fsp3) is 0.682. The number of carbonyl (C=O) groups excluding carboxylic acids is 1. The van der Waals surface area contributed by atoms with Gasteiger partial charge in [-0.05, 0) is 76.7 Å². The van der Waals surface area contributed by atoms with E-state index in [-0.39, 0.29) is 12.0 Å². The maximum absolute atomic E-state index is 13.1. The molecule has 2 aliphatic heterocycles. The SMILES string of the molecule is CC(C)(O)CCc1cccc(C(=O)N2CCCO[C@@H](CN3CCCC3)C2)c1.